The van der Waals surface area contributed by atoms with Crippen LogP contribution in [0.4, 0.5) is 0 Å². The molecule has 1 aromatic heterocycles. The van der Waals surface area contributed by atoms with Gasteiger partial charge in [0, 0.05) is 36.9 Å². The van der Waals surface area contributed by atoms with E-state index in [0.29, 0.717) is 32.7 Å². The summed E-state index contributed by atoms with van der Waals surface area (Å²) in [5.41, 5.74) is 9.20. The van der Waals surface area contributed by atoms with Crippen molar-refractivity contribution in [3.63, 3.8) is 0 Å². The summed E-state index contributed by atoms with van der Waals surface area (Å²) in [7, 11) is 0. The Hall–Kier alpha value is -2.60. The summed E-state index contributed by atoms with van der Waals surface area (Å²) < 4.78 is 24.9. The molecular formula is C26H29N2O4PS. The number of primary amides is 1. The van der Waals surface area contributed by atoms with Gasteiger partial charge in [-0.05, 0) is 72.6 Å². The third-order valence-corrected chi connectivity index (χ3v) is 12.0. The van der Waals surface area contributed by atoms with Gasteiger partial charge in [0.25, 0.3) is 0 Å². The minimum absolute atomic E-state index is 0.396. The quantitative estimate of drug-likeness (QED) is 0.399. The number of carbonyl (C=O) groups is 1. The lowest BCUT2D eigenvalue weighted by Gasteiger charge is -2.38. The zero-order chi connectivity index (χ0) is 24.0. The van der Waals surface area contributed by atoms with Crippen LogP contribution in [0.2, 0.25) is 0 Å². The molecule has 0 radical (unpaired) electrons. The molecule has 34 heavy (non-hydrogen) atoms. The van der Waals surface area contributed by atoms with Crippen LogP contribution in [0.5, 0.6) is 5.75 Å². The van der Waals surface area contributed by atoms with Crippen molar-refractivity contribution in [3.8, 4) is 16.9 Å². The molecule has 1 amide bonds. The number of pyridine rings is 1. The summed E-state index contributed by atoms with van der Waals surface area (Å²) in [4.78, 5) is 17.2. The number of hydrogen-bond donors (Lipinski definition) is 1. The molecule has 0 saturated carbocycles. The first kappa shape index (κ1) is 24.5. The summed E-state index contributed by atoms with van der Waals surface area (Å²) in [6.07, 6.45) is 2.19. The first-order chi connectivity index (χ1) is 16.4. The predicted molar refractivity (Wildman–Crippen MR) is 137 cm³/mol. The molecule has 4 rings (SSSR count). The van der Waals surface area contributed by atoms with Crippen molar-refractivity contribution in [1.82, 2.24) is 4.98 Å². The summed E-state index contributed by atoms with van der Waals surface area (Å²) >= 11 is 1.25. The van der Waals surface area contributed by atoms with Crippen LogP contribution in [0.25, 0.3) is 11.1 Å². The van der Waals surface area contributed by atoms with E-state index in [1.165, 1.54) is 16.9 Å². The number of benzene rings is 2. The lowest BCUT2D eigenvalue weighted by atomic mass is 9.98. The number of aromatic nitrogens is 1. The Morgan fingerprint density at radius 3 is 2.47 bits per heavy atom. The summed E-state index contributed by atoms with van der Waals surface area (Å²) in [5.74, 6) is 0.248. The lowest BCUT2D eigenvalue weighted by molar-refractivity contribution is -0.122. The van der Waals surface area contributed by atoms with Crippen molar-refractivity contribution < 1.29 is 18.8 Å². The first-order valence-electron chi connectivity index (χ1n) is 11.3. The number of nitrogens with zero attached hydrogens (tertiary/aromatic N) is 1. The third kappa shape index (κ3) is 5.54. The van der Waals surface area contributed by atoms with E-state index in [-0.39, 0.29) is 0 Å². The molecule has 0 spiro atoms. The molecule has 2 heterocycles. The Morgan fingerprint density at radius 1 is 1.09 bits per heavy atom. The van der Waals surface area contributed by atoms with Crippen LogP contribution in [0.1, 0.15) is 18.4 Å². The Morgan fingerprint density at radius 2 is 1.79 bits per heavy atom. The van der Waals surface area contributed by atoms with Crippen molar-refractivity contribution in [2.45, 2.75) is 29.3 Å². The fraction of sp³-hybridized carbons (Fsp3) is 0.308. The van der Waals surface area contributed by atoms with Gasteiger partial charge in [0.05, 0.1) is 6.61 Å². The average molecular weight is 497 g/mol. The fourth-order valence-electron chi connectivity index (χ4n) is 4.18. The van der Waals surface area contributed by atoms with Gasteiger partial charge in [-0.1, -0.05) is 35.6 Å². The van der Waals surface area contributed by atoms with Gasteiger partial charge in [0.15, 0.2) is 6.34 Å². The maximum atomic E-state index is 13.6. The molecule has 1 aliphatic rings. The molecule has 1 fully saturated rings. The molecule has 2 aromatic carbocycles. The molecule has 3 aromatic rings. The van der Waals surface area contributed by atoms with Crippen LogP contribution < -0.4 is 10.5 Å². The highest BCUT2D eigenvalue weighted by Crippen LogP contribution is 2.70. The zero-order valence-electron chi connectivity index (χ0n) is 19.2. The lowest BCUT2D eigenvalue weighted by Crippen LogP contribution is -2.47. The van der Waals surface area contributed by atoms with E-state index in [0.717, 1.165) is 28.2 Å². The highest BCUT2D eigenvalue weighted by Gasteiger charge is 2.51. The van der Waals surface area contributed by atoms with Crippen molar-refractivity contribution in [2.75, 3.05) is 26.5 Å². The summed E-state index contributed by atoms with van der Waals surface area (Å²) in [6, 6.07) is 19.9. The predicted octanol–water partition coefficient (Wildman–Crippen LogP) is 5.40. The number of rotatable bonds is 9. The number of ether oxygens (including phenoxy) is 2. The van der Waals surface area contributed by atoms with Crippen LogP contribution >= 0.6 is 17.7 Å². The maximum absolute atomic E-state index is 13.6. The Kier molecular flexibility index (Phi) is 7.77. The molecular weight excluding hydrogens is 467 g/mol. The van der Waals surface area contributed by atoms with Gasteiger partial charge < -0.3 is 19.8 Å². The number of carbonyl (C=O) groups excluding carboxylic acids is 1. The van der Waals surface area contributed by atoms with E-state index < -0.39 is 17.4 Å². The molecule has 1 atom stereocenters. The van der Waals surface area contributed by atoms with Crippen LogP contribution in [-0.2, 0) is 20.5 Å². The smallest absolute Gasteiger partial charge is 0.232 e. The van der Waals surface area contributed by atoms with Gasteiger partial charge in [0.1, 0.15) is 10.9 Å². The largest absolute Gasteiger partial charge is 0.493 e. The van der Waals surface area contributed by atoms with Crippen LogP contribution in [0.15, 0.2) is 78.0 Å². The Bertz CT molecular complexity index is 1160. The summed E-state index contributed by atoms with van der Waals surface area (Å²) in [6.45, 7) is 3.01. The van der Waals surface area contributed by atoms with Crippen molar-refractivity contribution in [1.29, 1.82) is 0 Å². The number of amides is 1. The first-order valence-corrected chi connectivity index (χ1v) is 14.8. The molecule has 6 nitrogen and oxygen atoms in total. The van der Waals surface area contributed by atoms with Gasteiger partial charge in [-0.25, -0.2) is 0 Å². The highest BCUT2D eigenvalue weighted by atomic mass is 32.7. The van der Waals surface area contributed by atoms with Crippen LogP contribution in [0.3, 0.4) is 0 Å². The van der Waals surface area contributed by atoms with E-state index in [9.17, 15) is 9.36 Å². The molecule has 0 aliphatic carbocycles. The number of hydrogen-bond acceptors (Lipinski definition) is 6. The molecule has 1 unspecified atom stereocenters. The maximum Gasteiger partial charge on any atom is 0.232 e. The van der Waals surface area contributed by atoms with Crippen LogP contribution in [0, 0.1) is 0 Å². The van der Waals surface area contributed by atoms with Crippen LogP contribution in [-0.4, -0.2) is 42.5 Å². The summed E-state index contributed by atoms with van der Waals surface area (Å²) in [5, 5.41) is -1.02. The minimum Gasteiger partial charge on any atom is -0.493 e. The Balaban J connectivity index is 1.35. The normalized spacial score (nSPS) is 17.0. The third-order valence-electron chi connectivity index (χ3n) is 6.26. The molecule has 8 heteroatoms. The van der Waals surface area contributed by atoms with Gasteiger partial charge in [-0.15, -0.1) is 0 Å². The Labute approximate surface area is 204 Å². The van der Waals surface area contributed by atoms with Crippen molar-refractivity contribution in [2.24, 2.45) is 5.73 Å². The van der Waals surface area contributed by atoms with Gasteiger partial charge in [-0.2, -0.15) is 0 Å². The second-order valence-electron chi connectivity index (χ2n) is 8.45. The van der Waals surface area contributed by atoms with Crippen molar-refractivity contribution >= 4 is 23.6 Å². The molecule has 178 valence electrons. The second kappa shape index (κ2) is 10.8. The average Bonchev–Trinajstić information content (AvgIpc) is 2.86. The number of nitrogens with two attached hydrogens (primary N) is 1. The minimum atomic E-state index is -2.97. The molecule has 1 aliphatic heterocycles. The van der Waals surface area contributed by atoms with Gasteiger partial charge >= 0.3 is 0 Å². The van der Waals surface area contributed by atoms with Gasteiger partial charge in [-0.3, -0.25) is 9.78 Å². The fourth-order valence-corrected chi connectivity index (χ4v) is 9.33. The van der Waals surface area contributed by atoms with E-state index in [4.69, 9.17) is 15.2 Å². The molecule has 0 bridgehead atoms. The highest BCUT2D eigenvalue weighted by molar-refractivity contribution is 8.58. The second-order valence-corrected chi connectivity index (χ2v) is 14.3. The zero-order valence-corrected chi connectivity index (χ0v) is 20.9. The monoisotopic (exact) mass is 496 g/mol. The van der Waals surface area contributed by atoms with E-state index >= 15 is 0 Å². The van der Waals surface area contributed by atoms with E-state index in [1.807, 2.05) is 36.4 Å². The van der Waals surface area contributed by atoms with E-state index in [1.54, 1.807) is 19.1 Å². The standard InChI is InChI=1S/C26H29N2O4PS/c1-33(30,26(25(27)29)12-17-31-18-13-26)34-24-7-5-23(6-8-24)32-16-11-20-3-2-4-22(19-20)21-9-14-28-15-10-21/h2-10,14-15,19H,11-13,16-18H2,1H3,(H2,27,29). The topological polar surface area (TPSA) is 91.5 Å². The molecule has 1 saturated heterocycles. The van der Waals surface area contributed by atoms with Crippen molar-refractivity contribution in [3.05, 3.63) is 78.6 Å². The van der Waals surface area contributed by atoms with E-state index in [2.05, 4.69) is 29.2 Å². The molecule has 2 N–H and O–H groups in total. The van der Waals surface area contributed by atoms with Gasteiger partial charge in [0.2, 0.25) is 5.91 Å². The SMILES string of the molecule is CP(=O)(Sc1ccc(OCCc2cccc(-c3ccncc3)c2)cc1)C1(C(N)=O)CCOCC1.